The third-order valence-electron chi connectivity index (χ3n) is 2.44. The molecule has 0 unspecified atom stereocenters. The summed E-state index contributed by atoms with van der Waals surface area (Å²) >= 11 is 1.55. The zero-order valence-electron chi connectivity index (χ0n) is 12.7. The highest BCUT2D eigenvalue weighted by Crippen LogP contribution is 2.13. The molecule has 1 rings (SSSR count). The molecular formula is C13H25Cl2N3O2S. The maximum Gasteiger partial charge on any atom is 0.270 e. The highest BCUT2D eigenvalue weighted by atomic mass is 35.5. The van der Waals surface area contributed by atoms with Crippen LogP contribution in [-0.2, 0) is 11.2 Å². The molecule has 0 saturated heterocycles. The van der Waals surface area contributed by atoms with Gasteiger partial charge < -0.3 is 15.4 Å². The van der Waals surface area contributed by atoms with Gasteiger partial charge >= 0.3 is 0 Å². The summed E-state index contributed by atoms with van der Waals surface area (Å²) in [6.45, 7) is 7.09. The summed E-state index contributed by atoms with van der Waals surface area (Å²) in [6.07, 6.45) is 0.927. The van der Waals surface area contributed by atoms with E-state index in [1.807, 2.05) is 5.38 Å². The predicted octanol–water partition coefficient (Wildman–Crippen LogP) is 2.15. The molecule has 0 bridgehead atoms. The third kappa shape index (κ3) is 10.0. The minimum atomic E-state index is -0.0974. The number of carbonyl (C=O) groups is 1. The van der Waals surface area contributed by atoms with E-state index in [1.54, 1.807) is 18.4 Å². The smallest absolute Gasteiger partial charge is 0.270 e. The van der Waals surface area contributed by atoms with E-state index < -0.39 is 0 Å². The van der Waals surface area contributed by atoms with Crippen LogP contribution in [0.5, 0.6) is 0 Å². The molecule has 0 fully saturated rings. The Balaban J connectivity index is 0. The first-order chi connectivity index (χ1) is 9.13. The maximum absolute atomic E-state index is 11.8. The summed E-state index contributed by atoms with van der Waals surface area (Å²) in [5.41, 5.74) is 0.526. The van der Waals surface area contributed by atoms with E-state index in [0.29, 0.717) is 24.8 Å². The van der Waals surface area contributed by atoms with Crippen molar-refractivity contribution in [3.63, 3.8) is 0 Å². The van der Waals surface area contributed by atoms with E-state index >= 15 is 0 Å². The molecule has 1 amide bonds. The fourth-order valence-electron chi connectivity index (χ4n) is 1.51. The van der Waals surface area contributed by atoms with E-state index in [9.17, 15) is 4.79 Å². The lowest BCUT2D eigenvalue weighted by Gasteiger charge is -2.05. The Morgan fingerprint density at radius 1 is 1.33 bits per heavy atom. The van der Waals surface area contributed by atoms with Crippen molar-refractivity contribution in [3.05, 3.63) is 16.1 Å². The number of nitrogens with one attached hydrogen (secondary N) is 2. The van der Waals surface area contributed by atoms with Crippen molar-refractivity contribution in [2.24, 2.45) is 5.92 Å². The van der Waals surface area contributed by atoms with Gasteiger partial charge in [0.1, 0.15) is 5.69 Å². The highest BCUT2D eigenvalue weighted by Gasteiger charge is 2.10. The fraction of sp³-hybridized carbons (Fsp3) is 0.692. The SMILES string of the molecule is COCCNCCNC(=O)c1csc(CC(C)C)n1.Cl.Cl. The van der Waals surface area contributed by atoms with Crippen molar-refractivity contribution in [3.8, 4) is 0 Å². The van der Waals surface area contributed by atoms with Crippen LogP contribution in [0.25, 0.3) is 0 Å². The van der Waals surface area contributed by atoms with Gasteiger partial charge in [0, 0.05) is 38.5 Å². The Kier molecular flexibility index (Phi) is 14.5. The summed E-state index contributed by atoms with van der Waals surface area (Å²) < 4.78 is 4.91. The second-order valence-electron chi connectivity index (χ2n) is 4.72. The van der Waals surface area contributed by atoms with Crippen LogP contribution in [0.15, 0.2) is 5.38 Å². The monoisotopic (exact) mass is 357 g/mol. The zero-order chi connectivity index (χ0) is 14.1. The van der Waals surface area contributed by atoms with Gasteiger partial charge in [-0.25, -0.2) is 4.98 Å². The molecule has 0 aromatic carbocycles. The molecule has 0 saturated carbocycles. The van der Waals surface area contributed by atoms with Crippen LogP contribution in [0.2, 0.25) is 0 Å². The van der Waals surface area contributed by atoms with Crippen molar-refractivity contribution in [2.45, 2.75) is 20.3 Å². The molecule has 0 aliphatic rings. The molecule has 0 aliphatic carbocycles. The predicted molar refractivity (Wildman–Crippen MR) is 92.2 cm³/mol. The number of thiazole rings is 1. The van der Waals surface area contributed by atoms with Gasteiger partial charge in [-0.15, -0.1) is 36.2 Å². The molecule has 2 N–H and O–H groups in total. The second-order valence-corrected chi connectivity index (χ2v) is 5.67. The number of hydrogen-bond donors (Lipinski definition) is 2. The Bertz CT molecular complexity index is 389. The molecule has 0 spiro atoms. The number of ether oxygens (including phenoxy) is 1. The number of hydrogen-bond acceptors (Lipinski definition) is 5. The van der Waals surface area contributed by atoms with E-state index in [0.717, 1.165) is 24.5 Å². The summed E-state index contributed by atoms with van der Waals surface area (Å²) in [7, 11) is 1.67. The van der Waals surface area contributed by atoms with Crippen LogP contribution in [0.3, 0.4) is 0 Å². The van der Waals surface area contributed by atoms with Crippen molar-refractivity contribution >= 4 is 42.1 Å². The summed E-state index contributed by atoms with van der Waals surface area (Å²) in [5, 5.41) is 8.86. The molecule has 1 aromatic heterocycles. The van der Waals surface area contributed by atoms with Gasteiger partial charge in [0.25, 0.3) is 5.91 Å². The van der Waals surface area contributed by atoms with Crippen LogP contribution in [0, 0.1) is 5.92 Å². The molecule has 1 heterocycles. The van der Waals surface area contributed by atoms with Crippen molar-refractivity contribution in [1.82, 2.24) is 15.6 Å². The van der Waals surface area contributed by atoms with Gasteiger partial charge in [-0.1, -0.05) is 13.8 Å². The first kappa shape index (κ1) is 22.9. The molecule has 124 valence electrons. The quantitative estimate of drug-likeness (QED) is 0.664. The lowest BCUT2D eigenvalue weighted by Crippen LogP contribution is -2.33. The fourth-order valence-corrected chi connectivity index (χ4v) is 2.50. The van der Waals surface area contributed by atoms with Crippen LogP contribution in [-0.4, -0.2) is 44.2 Å². The minimum absolute atomic E-state index is 0. The minimum Gasteiger partial charge on any atom is -0.383 e. The number of nitrogens with zero attached hydrogens (tertiary/aromatic N) is 1. The Hall–Kier alpha value is -0.400. The second kappa shape index (κ2) is 13.3. The molecule has 0 aliphatic heterocycles. The van der Waals surface area contributed by atoms with Crippen molar-refractivity contribution in [1.29, 1.82) is 0 Å². The van der Waals surface area contributed by atoms with Gasteiger partial charge in [0.15, 0.2) is 0 Å². The molecular weight excluding hydrogens is 333 g/mol. The highest BCUT2D eigenvalue weighted by molar-refractivity contribution is 7.09. The van der Waals surface area contributed by atoms with Gasteiger partial charge in [-0.2, -0.15) is 0 Å². The van der Waals surface area contributed by atoms with Crippen LogP contribution in [0.4, 0.5) is 0 Å². The average Bonchev–Trinajstić information content (AvgIpc) is 2.81. The third-order valence-corrected chi connectivity index (χ3v) is 3.31. The number of halogens is 2. The van der Waals surface area contributed by atoms with Crippen molar-refractivity contribution in [2.75, 3.05) is 33.4 Å². The van der Waals surface area contributed by atoms with Crippen LogP contribution >= 0.6 is 36.2 Å². The molecule has 21 heavy (non-hydrogen) atoms. The number of amides is 1. The topological polar surface area (TPSA) is 63.2 Å². The number of methoxy groups -OCH3 is 1. The Morgan fingerprint density at radius 2 is 2.05 bits per heavy atom. The van der Waals surface area contributed by atoms with Gasteiger partial charge in [0.2, 0.25) is 0 Å². The normalized spacial score (nSPS) is 9.90. The Morgan fingerprint density at radius 3 is 2.67 bits per heavy atom. The van der Waals surface area contributed by atoms with Gasteiger partial charge in [0.05, 0.1) is 11.6 Å². The lowest BCUT2D eigenvalue weighted by molar-refractivity contribution is 0.0949. The van der Waals surface area contributed by atoms with E-state index in [-0.39, 0.29) is 30.7 Å². The average molecular weight is 358 g/mol. The number of carbonyl (C=O) groups excluding carboxylic acids is 1. The summed E-state index contributed by atoms with van der Waals surface area (Å²) in [6, 6.07) is 0. The first-order valence-corrected chi connectivity index (χ1v) is 7.43. The van der Waals surface area contributed by atoms with Crippen molar-refractivity contribution < 1.29 is 9.53 Å². The zero-order valence-corrected chi connectivity index (χ0v) is 15.1. The van der Waals surface area contributed by atoms with Crippen LogP contribution < -0.4 is 10.6 Å². The summed E-state index contributed by atoms with van der Waals surface area (Å²) in [4.78, 5) is 16.2. The van der Waals surface area contributed by atoms with Crippen LogP contribution in [0.1, 0.15) is 29.3 Å². The van der Waals surface area contributed by atoms with Gasteiger partial charge in [-0.05, 0) is 5.92 Å². The standard InChI is InChI=1S/C13H23N3O2S.2ClH/c1-10(2)8-12-16-11(9-19-12)13(17)15-5-4-14-6-7-18-3;;/h9-10,14H,4-8H2,1-3H3,(H,15,17);2*1H. The maximum atomic E-state index is 11.8. The molecule has 0 atom stereocenters. The molecule has 8 heteroatoms. The lowest BCUT2D eigenvalue weighted by atomic mass is 10.1. The molecule has 0 radical (unpaired) electrons. The number of rotatable bonds is 9. The number of aromatic nitrogens is 1. The Labute approximate surface area is 143 Å². The van der Waals surface area contributed by atoms with E-state index in [4.69, 9.17) is 4.74 Å². The largest absolute Gasteiger partial charge is 0.383 e. The van der Waals surface area contributed by atoms with E-state index in [1.165, 1.54) is 0 Å². The first-order valence-electron chi connectivity index (χ1n) is 6.55. The van der Waals surface area contributed by atoms with E-state index in [2.05, 4.69) is 29.5 Å². The summed E-state index contributed by atoms with van der Waals surface area (Å²) in [5.74, 6) is 0.465. The molecule has 1 aromatic rings. The van der Waals surface area contributed by atoms with Gasteiger partial charge in [-0.3, -0.25) is 4.79 Å². The molecule has 5 nitrogen and oxygen atoms in total.